The van der Waals surface area contributed by atoms with Gasteiger partial charge in [-0.3, -0.25) is 14.3 Å². The maximum Gasteiger partial charge on any atom is 0.273 e. The van der Waals surface area contributed by atoms with Crippen LogP contribution in [0.2, 0.25) is 0 Å². The van der Waals surface area contributed by atoms with Crippen LogP contribution < -0.4 is 14.8 Å². The van der Waals surface area contributed by atoms with Crippen LogP contribution in [-0.2, 0) is 11.3 Å². The number of hydrogen-bond donors (Lipinski definition) is 1. The van der Waals surface area contributed by atoms with Crippen molar-refractivity contribution in [3.05, 3.63) is 36.2 Å². The molecule has 2 amide bonds. The summed E-state index contributed by atoms with van der Waals surface area (Å²) in [5.74, 6) is 1.13. The molecule has 2 heterocycles. The molecule has 2 aromatic rings. The highest BCUT2D eigenvalue weighted by Gasteiger charge is 2.27. The molecule has 9 heteroatoms. The largest absolute Gasteiger partial charge is 0.497 e. The van der Waals surface area contributed by atoms with Crippen LogP contribution >= 0.6 is 0 Å². The van der Waals surface area contributed by atoms with E-state index in [9.17, 15) is 9.59 Å². The lowest BCUT2D eigenvalue weighted by atomic mass is 9.99. The molecule has 1 atom stereocenters. The van der Waals surface area contributed by atoms with Gasteiger partial charge in [0.15, 0.2) is 12.3 Å². The van der Waals surface area contributed by atoms with Gasteiger partial charge in [0.05, 0.1) is 13.3 Å². The molecule has 168 valence electrons. The third-order valence-corrected chi connectivity index (χ3v) is 5.25. The fraction of sp³-hybridized carbons (Fsp3) is 0.545. The first-order chi connectivity index (χ1) is 15.0. The minimum absolute atomic E-state index is 0.00563. The number of nitrogens with zero attached hydrogens (tertiary/aromatic N) is 4. The van der Waals surface area contributed by atoms with Gasteiger partial charge in [-0.25, -0.2) is 0 Å². The number of rotatable bonds is 9. The Morgan fingerprint density at radius 1 is 1.19 bits per heavy atom. The lowest BCUT2D eigenvalue weighted by Crippen LogP contribution is -2.46. The van der Waals surface area contributed by atoms with Crippen molar-refractivity contribution in [3.8, 4) is 11.5 Å². The summed E-state index contributed by atoms with van der Waals surface area (Å²) in [4.78, 5) is 26.8. The monoisotopic (exact) mass is 429 g/mol. The number of benzene rings is 1. The second-order valence-electron chi connectivity index (χ2n) is 7.98. The third-order valence-electron chi connectivity index (χ3n) is 5.25. The van der Waals surface area contributed by atoms with E-state index in [2.05, 4.69) is 15.6 Å². The topological polar surface area (TPSA) is 98.6 Å². The Morgan fingerprint density at radius 3 is 2.65 bits per heavy atom. The average molecular weight is 430 g/mol. The molecule has 1 N–H and O–H groups in total. The molecular weight excluding hydrogens is 398 g/mol. The molecule has 9 nitrogen and oxygen atoms in total. The minimum atomic E-state index is -0.230. The van der Waals surface area contributed by atoms with E-state index in [1.165, 1.54) is 0 Å². The van der Waals surface area contributed by atoms with Crippen molar-refractivity contribution in [3.63, 3.8) is 0 Å². The van der Waals surface area contributed by atoms with Gasteiger partial charge in [-0.05, 0) is 63.8 Å². The normalized spacial score (nSPS) is 16.3. The summed E-state index contributed by atoms with van der Waals surface area (Å²) in [6, 6.07) is 7.35. The van der Waals surface area contributed by atoms with Crippen LogP contribution in [0.3, 0.4) is 0 Å². The summed E-state index contributed by atoms with van der Waals surface area (Å²) in [7, 11) is 1.61. The van der Waals surface area contributed by atoms with Crippen LogP contribution in [0.1, 0.15) is 50.0 Å². The van der Waals surface area contributed by atoms with Crippen LogP contribution in [0.25, 0.3) is 0 Å². The van der Waals surface area contributed by atoms with Gasteiger partial charge in [0.25, 0.3) is 11.8 Å². The Morgan fingerprint density at radius 2 is 1.94 bits per heavy atom. The molecule has 0 saturated carbocycles. The third kappa shape index (κ3) is 6.44. The van der Waals surface area contributed by atoms with Gasteiger partial charge in [0, 0.05) is 25.2 Å². The summed E-state index contributed by atoms with van der Waals surface area (Å²) in [6.45, 7) is 5.13. The molecule has 3 rings (SSSR count). The minimum Gasteiger partial charge on any atom is -0.497 e. The maximum absolute atomic E-state index is 12.8. The van der Waals surface area contributed by atoms with Gasteiger partial charge in [0.2, 0.25) is 0 Å². The molecule has 1 aromatic carbocycles. The SMILES string of the molecule is COc1ccc(OCC(=O)N2CCCCC2CCn2cc(C(=O)NC(C)C)nn2)cc1. The van der Waals surface area contributed by atoms with Gasteiger partial charge in [-0.15, -0.1) is 5.10 Å². The Labute approximate surface area is 182 Å². The van der Waals surface area contributed by atoms with E-state index in [1.807, 2.05) is 18.7 Å². The van der Waals surface area contributed by atoms with Crippen LogP contribution in [0, 0.1) is 0 Å². The van der Waals surface area contributed by atoms with Crippen molar-refractivity contribution in [1.29, 1.82) is 0 Å². The summed E-state index contributed by atoms with van der Waals surface area (Å²) in [6.07, 6.45) is 5.44. The zero-order valence-corrected chi connectivity index (χ0v) is 18.4. The number of methoxy groups -OCH3 is 1. The molecule has 1 aliphatic rings. The number of aryl methyl sites for hydroxylation is 1. The number of hydrogen-bond acceptors (Lipinski definition) is 6. The first kappa shape index (κ1) is 22.6. The molecule has 1 aromatic heterocycles. The van der Waals surface area contributed by atoms with Crippen molar-refractivity contribution >= 4 is 11.8 Å². The molecule has 0 radical (unpaired) electrons. The number of ether oxygens (including phenoxy) is 2. The predicted molar refractivity (Wildman–Crippen MR) is 115 cm³/mol. The van der Waals surface area contributed by atoms with E-state index in [-0.39, 0.29) is 30.5 Å². The molecule has 1 saturated heterocycles. The number of piperidine rings is 1. The van der Waals surface area contributed by atoms with Crippen LogP contribution in [0.15, 0.2) is 30.5 Å². The molecule has 0 bridgehead atoms. The standard InChI is InChI=1S/C22H31N5O4/c1-16(2)23-22(29)20-14-26(25-24-20)13-11-17-6-4-5-12-27(17)21(28)15-31-19-9-7-18(30-3)8-10-19/h7-10,14,16-17H,4-6,11-13,15H2,1-3H3,(H,23,29). The Bertz CT molecular complexity index is 865. The number of carbonyl (C=O) groups is 2. The maximum atomic E-state index is 12.8. The van der Waals surface area contributed by atoms with Crippen molar-refractivity contribution < 1.29 is 19.1 Å². The lowest BCUT2D eigenvalue weighted by molar-refractivity contribution is -0.137. The zero-order chi connectivity index (χ0) is 22.2. The summed E-state index contributed by atoms with van der Waals surface area (Å²) < 4.78 is 12.5. The van der Waals surface area contributed by atoms with E-state index < -0.39 is 0 Å². The summed E-state index contributed by atoms with van der Waals surface area (Å²) in [5.41, 5.74) is 0.304. The second kappa shape index (κ2) is 10.8. The van der Waals surface area contributed by atoms with Crippen molar-refractivity contribution in [2.75, 3.05) is 20.3 Å². The zero-order valence-electron chi connectivity index (χ0n) is 18.4. The molecule has 0 aliphatic carbocycles. The summed E-state index contributed by atoms with van der Waals surface area (Å²) >= 11 is 0. The quantitative estimate of drug-likeness (QED) is 0.657. The first-order valence-corrected chi connectivity index (χ1v) is 10.7. The fourth-order valence-electron chi connectivity index (χ4n) is 3.66. The molecule has 31 heavy (non-hydrogen) atoms. The van der Waals surface area contributed by atoms with Crippen molar-refractivity contribution in [2.24, 2.45) is 0 Å². The number of nitrogens with one attached hydrogen (secondary N) is 1. The number of carbonyl (C=O) groups excluding carboxylic acids is 2. The number of amides is 2. The Kier molecular flexibility index (Phi) is 7.86. The lowest BCUT2D eigenvalue weighted by Gasteiger charge is -2.35. The van der Waals surface area contributed by atoms with Gasteiger partial charge in [0.1, 0.15) is 11.5 Å². The van der Waals surface area contributed by atoms with Gasteiger partial charge in [-0.2, -0.15) is 0 Å². The summed E-state index contributed by atoms with van der Waals surface area (Å²) in [5, 5.41) is 10.8. The molecule has 1 aliphatic heterocycles. The van der Waals surface area contributed by atoms with Crippen LogP contribution in [0.5, 0.6) is 11.5 Å². The van der Waals surface area contributed by atoms with E-state index in [0.717, 1.165) is 38.0 Å². The van der Waals surface area contributed by atoms with E-state index >= 15 is 0 Å². The first-order valence-electron chi connectivity index (χ1n) is 10.7. The van der Waals surface area contributed by atoms with Crippen LogP contribution in [0.4, 0.5) is 0 Å². The van der Waals surface area contributed by atoms with Crippen molar-refractivity contribution in [2.45, 2.75) is 58.2 Å². The predicted octanol–water partition coefficient (Wildman–Crippen LogP) is 2.28. The van der Waals surface area contributed by atoms with Gasteiger partial charge in [-0.1, -0.05) is 5.21 Å². The van der Waals surface area contributed by atoms with E-state index in [0.29, 0.717) is 18.0 Å². The average Bonchev–Trinajstić information content (AvgIpc) is 3.25. The smallest absolute Gasteiger partial charge is 0.273 e. The number of aromatic nitrogens is 3. The Hall–Kier alpha value is -3.10. The van der Waals surface area contributed by atoms with Crippen molar-refractivity contribution in [1.82, 2.24) is 25.2 Å². The highest BCUT2D eigenvalue weighted by Crippen LogP contribution is 2.21. The highest BCUT2D eigenvalue weighted by molar-refractivity contribution is 5.91. The molecule has 1 fully saturated rings. The molecule has 1 unspecified atom stereocenters. The van der Waals surface area contributed by atoms with Gasteiger partial charge < -0.3 is 19.7 Å². The molecule has 0 spiro atoms. The second-order valence-corrected chi connectivity index (χ2v) is 7.98. The highest BCUT2D eigenvalue weighted by atomic mass is 16.5. The van der Waals surface area contributed by atoms with E-state index in [4.69, 9.17) is 9.47 Å². The molecular formula is C22H31N5O4. The van der Waals surface area contributed by atoms with E-state index in [1.54, 1.807) is 42.3 Å². The fourth-order valence-corrected chi connectivity index (χ4v) is 3.66. The number of likely N-dealkylation sites (tertiary alicyclic amines) is 1. The Balaban J connectivity index is 1.52. The van der Waals surface area contributed by atoms with Gasteiger partial charge >= 0.3 is 0 Å². The van der Waals surface area contributed by atoms with Crippen LogP contribution in [-0.4, -0.2) is 64.1 Å².